The molecule has 9 heteroatoms. The highest BCUT2D eigenvalue weighted by atomic mass is 32.2. The largest absolute Gasteiger partial charge is 0.324 e. The van der Waals surface area contributed by atoms with Gasteiger partial charge in [-0.1, -0.05) is 26.0 Å². The number of hydrogen-bond acceptors (Lipinski definition) is 6. The zero-order valence-corrected chi connectivity index (χ0v) is 17.0. The molecule has 0 aliphatic carbocycles. The number of rotatable bonds is 6. The summed E-state index contributed by atoms with van der Waals surface area (Å²) in [5, 5.41) is 3.39. The highest BCUT2D eigenvalue weighted by molar-refractivity contribution is 7.99. The molecule has 144 valence electrons. The maximum absolute atomic E-state index is 12.3. The van der Waals surface area contributed by atoms with Gasteiger partial charge in [-0.2, -0.15) is 0 Å². The van der Waals surface area contributed by atoms with Crippen molar-refractivity contribution in [3.63, 3.8) is 0 Å². The molecular formula is C19H19N5O2S2. The van der Waals surface area contributed by atoms with Gasteiger partial charge in [-0.15, -0.1) is 23.1 Å². The van der Waals surface area contributed by atoms with Crippen molar-refractivity contribution in [2.75, 3.05) is 11.1 Å². The fourth-order valence-corrected chi connectivity index (χ4v) is 4.51. The summed E-state index contributed by atoms with van der Waals surface area (Å²) >= 11 is 2.93. The van der Waals surface area contributed by atoms with E-state index in [0.29, 0.717) is 28.8 Å². The summed E-state index contributed by atoms with van der Waals surface area (Å²) in [5.41, 5.74) is 1.55. The van der Waals surface area contributed by atoms with Crippen LogP contribution in [0.25, 0.3) is 21.3 Å². The van der Waals surface area contributed by atoms with Crippen molar-refractivity contribution in [2.45, 2.75) is 25.5 Å². The molecule has 0 radical (unpaired) electrons. The Labute approximate surface area is 169 Å². The van der Waals surface area contributed by atoms with Crippen LogP contribution in [0.2, 0.25) is 0 Å². The van der Waals surface area contributed by atoms with Crippen LogP contribution in [-0.4, -0.2) is 31.6 Å². The Hall–Kier alpha value is -2.65. The average molecular weight is 414 g/mol. The van der Waals surface area contributed by atoms with Gasteiger partial charge >= 0.3 is 0 Å². The van der Waals surface area contributed by atoms with E-state index in [2.05, 4.69) is 39.1 Å². The molecule has 1 aromatic carbocycles. The van der Waals surface area contributed by atoms with Crippen molar-refractivity contribution in [3.8, 4) is 0 Å². The summed E-state index contributed by atoms with van der Waals surface area (Å²) < 4.78 is 0. The number of anilines is 1. The van der Waals surface area contributed by atoms with Crippen LogP contribution in [0.3, 0.4) is 0 Å². The van der Waals surface area contributed by atoms with Crippen LogP contribution in [0.15, 0.2) is 35.1 Å². The lowest BCUT2D eigenvalue weighted by molar-refractivity contribution is -0.113. The third kappa shape index (κ3) is 3.95. The third-order valence-corrected chi connectivity index (χ3v) is 6.43. The normalized spacial score (nSPS) is 11.5. The lowest BCUT2D eigenvalue weighted by Crippen LogP contribution is -2.16. The molecule has 0 spiro atoms. The first-order valence-corrected chi connectivity index (χ1v) is 10.8. The highest BCUT2D eigenvalue weighted by Gasteiger charge is 2.12. The highest BCUT2D eigenvalue weighted by Crippen LogP contribution is 2.27. The molecule has 0 fully saturated rings. The number of thioether (sulfide) groups is 1. The summed E-state index contributed by atoms with van der Waals surface area (Å²) in [6.45, 7) is 4.19. The Bertz CT molecular complexity index is 1170. The van der Waals surface area contributed by atoms with E-state index in [-0.39, 0.29) is 17.2 Å². The van der Waals surface area contributed by atoms with Crippen molar-refractivity contribution >= 4 is 56.2 Å². The van der Waals surface area contributed by atoms with Crippen LogP contribution in [0.5, 0.6) is 0 Å². The van der Waals surface area contributed by atoms with Gasteiger partial charge in [0.05, 0.1) is 27.9 Å². The fraction of sp³-hybridized carbons (Fsp3) is 0.263. The number of aromatic nitrogens is 4. The number of para-hydroxylation sites is 2. The lowest BCUT2D eigenvalue weighted by Gasteiger charge is -2.02. The number of aromatic amines is 2. The van der Waals surface area contributed by atoms with Gasteiger partial charge in [0.2, 0.25) is 11.9 Å². The van der Waals surface area contributed by atoms with E-state index in [9.17, 15) is 9.59 Å². The van der Waals surface area contributed by atoms with Crippen LogP contribution >= 0.6 is 23.1 Å². The van der Waals surface area contributed by atoms with Crippen molar-refractivity contribution in [2.24, 2.45) is 0 Å². The first-order valence-electron chi connectivity index (χ1n) is 8.84. The first-order chi connectivity index (χ1) is 13.5. The van der Waals surface area contributed by atoms with Crippen LogP contribution in [0.1, 0.15) is 30.5 Å². The van der Waals surface area contributed by atoms with Gasteiger partial charge < -0.3 is 9.97 Å². The number of carbonyl (C=O) groups is 1. The molecule has 0 unspecified atom stereocenters. The number of hydrogen-bond donors (Lipinski definition) is 3. The fourth-order valence-electron chi connectivity index (χ4n) is 2.77. The van der Waals surface area contributed by atoms with Gasteiger partial charge in [0.15, 0.2) is 0 Å². The maximum atomic E-state index is 12.3. The second-order valence-electron chi connectivity index (χ2n) is 6.68. The molecule has 4 aromatic rings. The standard InChI is InChI=1S/C19H19N5O2S2/c1-10(2)14-7-11-17(26)22-15(23-18(11)28-14)8-27-9-16(25)24-19-20-12-5-3-4-6-13(12)21-19/h3-7,10H,8-9H2,1-2H3,(H,22,23,26)(H2,20,21,24,25). The van der Waals surface area contributed by atoms with Gasteiger partial charge in [-0.25, -0.2) is 9.97 Å². The minimum atomic E-state index is -0.161. The molecular weight excluding hydrogens is 394 g/mol. The average Bonchev–Trinajstić information content (AvgIpc) is 3.25. The molecule has 0 atom stereocenters. The Morgan fingerprint density at radius 3 is 2.86 bits per heavy atom. The summed E-state index contributed by atoms with van der Waals surface area (Å²) in [6, 6.07) is 9.50. The van der Waals surface area contributed by atoms with Crippen molar-refractivity contribution in [3.05, 3.63) is 51.4 Å². The first kappa shape index (κ1) is 18.7. The molecule has 1 amide bonds. The molecule has 3 heterocycles. The van der Waals surface area contributed by atoms with Gasteiger partial charge in [-0.3, -0.25) is 14.9 Å². The smallest absolute Gasteiger partial charge is 0.259 e. The Morgan fingerprint density at radius 1 is 1.25 bits per heavy atom. The number of thiophene rings is 1. The van der Waals surface area contributed by atoms with Crippen molar-refractivity contribution in [1.29, 1.82) is 0 Å². The van der Waals surface area contributed by atoms with Gasteiger partial charge in [0, 0.05) is 4.88 Å². The van der Waals surface area contributed by atoms with E-state index in [1.807, 2.05) is 30.3 Å². The van der Waals surface area contributed by atoms with E-state index in [4.69, 9.17) is 0 Å². The molecule has 28 heavy (non-hydrogen) atoms. The van der Waals surface area contributed by atoms with E-state index in [0.717, 1.165) is 20.7 Å². The molecule has 0 aliphatic rings. The van der Waals surface area contributed by atoms with Crippen LogP contribution in [0.4, 0.5) is 5.95 Å². The predicted octanol–water partition coefficient (Wildman–Crippen LogP) is 3.86. The SMILES string of the molecule is CC(C)c1cc2c(=O)[nH]c(CSCC(=O)Nc3nc4ccccc4[nH]3)nc2s1. The summed E-state index contributed by atoms with van der Waals surface area (Å²) in [5.74, 6) is 1.90. The summed E-state index contributed by atoms with van der Waals surface area (Å²) in [4.78, 5) is 41.1. The van der Waals surface area contributed by atoms with Crippen LogP contribution < -0.4 is 10.9 Å². The molecule has 3 N–H and O–H groups in total. The number of nitrogens with zero attached hydrogens (tertiary/aromatic N) is 2. The van der Waals surface area contributed by atoms with E-state index < -0.39 is 0 Å². The van der Waals surface area contributed by atoms with Crippen LogP contribution in [0, 0.1) is 0 Å². The molecule has 4 rings (SSSR count). The maximum Gasteiger partial charge on any atom is 0.259 e. The van der Waals surface area contributed by atoms with Crippen LogP contribution in [-0.2, 0) is 10.5 Å². The number of fused-ring (bicyclic) bond motifs is 2. The van der Waals surface area contributed by atoms with Crippen molar-refractivity contribution in [1.82, 2.24) is 19.9 Å². The molecule has 7 nitrogen and oxygen atoms in total. The molecule has 0 saturated heterocycles. The van der Waals surface area contributed by atoms with Crippen molar-refractivity contribution < 1.29 is 4.79 Å². The summed E-state index contributed by atoms with van der Waals surface area (Å²) in [7, 11) is 0. The zero-order chi connectivity index (χ0) is 19.7. The quantitative estimate of drug-likeness (QED) is 0.445. The second-order valence-corrected chi connectivity index (χ2v) is 8.73. The molecule has 3 aromatic heterocycles. The monoisotopic (exact) mass is 413 g/mol. The predicted molar refractivity (Wildman–Crippen MR) is 115 cm³/mol. The number of imidazole rings is 1. The van der Waals surface area contributed by atoms with E-state index in [1.165, 1.54) is 11.8 Å². The lowest BCUT2D eigenvalue weighted by atomic mass is 10.2. The molecule has 0 bridgehead atoms. The number of H-pyrrole nitrogens is 2. The Kier molecular flexibility index (Phi) is 5.19. The number of nitrogens with one attached hydrogen (secondary N) is 3. The Balaban J connectivity index is 1.37. The number of amides is 1. The Morgan fingerprint density at radius 2 is 2.07 bits per heavy atom. The number of benzene rings is 1. The zero-order valence-electron chi connectivity index (χ0n) is 15.4. The minimum absolute atomic E-state index is 0.129. The topological polar surface area (TPSA) is 104 Å². The van der Waals surface area contributed by atoms with Gasteiger partial charge in [-0.05, 0) is 24.1 Å². The molecule has 0 saturated carbocycles. The van der Waals surface area contributed by atoms with E-state index in [1.54, 1.807) is 11.3 Å². The van der Waals surface area contributed by atoms with E-state index >= 15 is 0 Å². The summed E-state index contributed by atoms with van der Waals surface area (Å²) in [6.07, 6.45) is 0. The third-order valence-electron chi connectivity index (χ3n) is 4.16. The van der Waals surface area contributed by atoms with Gasteiger partial charge in [0.1, 0.15) is 10.7 Å². The van der Waals surface area contributed by atoms with Gasteiger partial charge in [0.25, 0.3) is 5.56 Å². The second kappa shape index (κ2) is 7.76. The number of carbonyl (C=O) groups excluding carboxylic acids is 1. The molecule has 0 aliphatic heterocycles. The minimum Gasteiger partial charge on any atom is -0.324 e.